The summed E-state index contributed by atoms with van der Waals surface area (Å²) in [7, 11) is 6.22. The molecule has 1 unspecified atom stereocenters. The first-order chi connectivity index (χ1) is 10.1. The van der Waals surface area contributed by atoms with Crippen LogP contribution in [0.1, 0.15) is 37.8 Å². The average Bonchev–Trinajstić information content (AvgIpc) is 2.33. The number of esters is 1. The number of hydrogen-bond acceptors (Lipinski definition) is 3. The number of carbonyl (C=O) groups excluding carboxylic acids is 1. The number of carbonyl (C=O) groups is 1. The molecule has 22 heavy (non-hydrogen) atoms. The van der Waals surface area contributed by atoms with Gasteiger partial charge in [0.05, 0.1) is 21.1 Å². The van der Waals surface area contributed by atoms with E-state index < -0.39 is 0 Å². The van der Waals surface area contributed by atoms with Crippen molar-refractivity contribution < 1.29 is 18.8 Å². The quantitative estimate of drug-likeness (QED) is 0.573. The van der Waals surface area contributed by atoms with Crippen LogP contribution in [-0.2, 0) is 9.53 Å². The van der Waals surface area contributed by atoms with Gasteiger partial charge in [-0.15, -0.1) is 0 Å². The van der Waals surface area contributed by atoms with Gasteiger partial charge in [0.1, 0.15) is 18.4 Å². The molecule has 0 saturated carbocycles. The largest absolute Gasteiger partial charge is 0.482 e. The van der Waals surface area contributed by atoms with Gasteiger partial charge in [-0.25, -0.2) is 4.79 Å². The molecule has 0 saturated heterocycles. The van der Waals surface area contributed by atoms with Crippen LogP contribution in [0.25, 0.3) is 0 Å². The number of ether oxygens (including phenoxy) is 2. The minimum absolute atomic E-state index is 0.0509. The van der Waals surface area contributed by atoms with Gasteiger partial charge in [0.15, 0.2) is 6.61 Å². The Labute approximate surface area is 134 Å². The molecule has 1 aromatic carbocycles. The molecular weight excluding hydrogens is 278 g/mol. The van der Waals surface area contributed by atoms with Crippen molar-refractivity contribution in [1.29, 1.82) is 0 Å². The SMILES string of the molecule is Cc1ccc(C(C)C)c(OCC(=O)OC(C)C[N+](C)(C)C)c1. The highest BCUT2D eigenvalue weighted by Crippen LogP contribution is 2.27. The van der Waals surface area contributed by atoms with E-state index in [0.717, 1.165) is 27.9 Å². The third-order valence-electron chi connectivity index (χ3n) is 3.27. The number of quaternary nitrogens is 1. The van der Waals surface area contributed by atoms with Crippen LogP contribution in [0, 0.1) is 6.92 Å². The molecule has 1 rings (SSSR count). The maximum absolute atomic E-state index is 11.9. The molecule has 0 fully saturated rings. The lowest BCUT2D eigenvalue weighted by Crippen LogP contribution is -2.42. The molecule has 4 nitrogen and oxygen atoms in total. The molecule has 0 aliphatic rings. The molecule has 0 heterocycles. The topological polar surface area (TPSA) is 35.5 Å². The zero-order chi connectivity index (χ0) is 16.9. The average molecular weight is 308 g/mol. The van der Waals surface area contributed by atoms with Crippen LogP contribution in [0.15, 0.2) is 18.2 Å². The molecule has 0 amide bonds. The predicted octanol–water partition coefficient (Wildman–Crippen LogP) is 3.14. The van der Waals surface area contributed by atoms with Crippen LogP contribution in [0.5, 0.6) is 5.75 Å². The molecule has 0 aliphatic heterocycles. The van der Waals surface area contributed by atoms with Crippen molar-refractivity contribution >= 4 is 5.97 Å². The summed E-state index contributed by atoms with van der Waals surface area (Å²) in [6, 6.07) is 6.09. The van der Waals surface area contributed by atoms with Crippen LogP contribution in [0.3, 0.4) is 0 Å². The maximum atomic E-state index is 11.9. The molecule has 0 aromatic heterocycles. The molecule has 0 radical (unpaired) electrons. The van der Waals surface area contributed by atoms with Gasteiger partial charge in [0.25, 0.3) is 0 Å². The Morgan fingerprint density at radius 1 is 1.18 bits per heavy atom. The number of nitrogens with zero attached hydrogens (tertiary/aromatic N) is 1. The van der Waals surface area contributed by atoms with Gasteiger partial charge in [-0.3, -0.25) is 0 Å². The van der Waals surface area contributed by atoms with E-state index in [9.17, 15) is 4.79 Å². The smallest absolute Gasteiger partial charge is 0.344 e. The Morgan fingerprint density at radius 3 is 2.36 bits per heavy atom. The van der Waals surface area contributed by atoms with Gasteiger partial charge >= 0.3 is 5.97 Å². The Balaban J connectivity index is 2.59. The second-order valence-corrected chi connectivity index (χ2v) is 7.26. The molecule has 1 aromatic rings. The first kappa shape index (κ1) is 18.5. The fraction of sp³-hybridized carbons (Fsp3) is 0.611. The van der Waals surface area contributed by atoms with Crippen molar-refractivity contribution in [3.05, 3.63) is 29.3 Å². The van der Waals surface area contributed by atoms with Gasteiger partial charge in [-0.05, 0) is 37.0 Å². The van der Waals surface area contributed by atoms with Crippen molar-refractivity contribution in [2.24, 2.45) is 0 Å². The van der Waals surface area contributed by atoms with E-state index in [1.54, 1.807) is 0 Å². The molecule has 4 heteroatoms. The highest BCUT2D eigenvalue weighted by molar-refractivity contribution is 5.71. The number of benzene rings is 1. The third kappa shape index (κ3) is 6.48. The minimum atomic E-state index is -0.322. The van der Waals surface area contributed by atoms with Crippen LogP contribution < -0.4 is 4.74 Å². The van der Waals surface area contributed by atoms with Gasteiger partial charge in [0.2, 0.25) is 0 Å². The Morgan fingerprint density at radius 2 is 1.82 bits per heavy atom. The Bertz CT molecular complexity index is 504. The van der Waals surface area contributed by atoms with Gasteiger partial charge < -0.3 is 14.0 Å². The summed E-state index contributed by atoms with van der Waals surface area (Å²) in [6.45, 7) is 8.86. The highest BCUT2D eigenvalue weighted by Gasteiger charge is 2.18. The molecule has 0 bridgehead atoms. The van der Waals surface area contributed by atoms with E-state index in [1.807, 2.05) is 19.9 Å². The van der Waals surface area contributed by atoms with E-state index >= 15 is 0 Å². The lowest BCUT2D eigenvalue weighted by molar-refractivity contribution is -0.873. The highest BCUT2D eigenvalue weighted by atomic mass is 16.6. The van der Waals surface area contributed by atoms with E-state index in [-0.39, 0.29) is 18.7 Å². The summed E-state index contributed by atoms with van der Waals surface area (Å²) in [4.78, 5) is 11.9. The van der Waals surface area contributed by atoms with E-state index in [0.29, 0.717) is 5.92 Å². The van der Waals surface area contributed by atoms with Crippen LogP contribution in [0.2, 0.25) is 0 Å². The van der Waals surface area contributed by atoms with Crippen LogP contribution in [-0.4, -0.2) is 50.9 Å². The van der Waals surface area contributed by atoms with E-state index in [2.05, 4.69) is 47.1 Å². The summed E-state index contributed by atoms with van der Waals surface area (Å²) < 4.78 is 11.8. The molecule has 0 aliphatic carbocycles. The first-order valence-electron chi connectivity index (χ1n) is 7.82. The minimum Gasteiger partial charge on any atom is -0.482 e. The first-order valence-corrected chi connectivity index (χ1v) is 7.82. The summed E-state index contributed by atoms with van der Waals surface area (Å²) in [5.74, 6) is 0.798. The number of hydrogen-bond donors (Lipinski definition) is 0. The second kappa shape index (κ2) is 7.63. The molecule has 0 spiro atoms. The lowest BCUT2D eigenvalue weighted by atomic mass is 10.0. The lowest BCUT2D eigenvalue weighted by Gasteiger charge is -2.27. The second-order valence-electron chi connectivity index (χ2n) is 7.26. The number of aryl methyl sites for hydroxylation is 1. The normalized spacial score (nSPS) is 13.1. The Hall–Kier alpha value is -1.55. The zero-order valence-corrected chi connectivity index (χ0v) is 15.0. The van der Waals surface area contributed by atoms with Crippen LogP contribution >= 0.6 is 0 Å². The predicted molar refractivity (Wildman–Crippen MR) is 89.2 cm³/mol. The number of rotatable bonds is 7. The molecule has 1 atom stereocenters. The van der Waals surface area contributed by atoms with E-state index in [4.69, 9.17) is 9.47 Å². The van der Waals surface area contributed by atoms with Crippen molar-refractivity contribution in [2.45, 2.75) is 39.7 Å². The molecule has 0 N–H and O–H groups in total. The van der Waals surface area contributed by atoms with Crippen molar-refractivity contribution in [3.8, 4) is 5.75 Å². The fourth-order valence-electron chi connectivity index (χ4n) is 2.45. The van der Waals surface area contributed by atoms with Crippen LogP contribution in [0.4, 0.5) is 0 Å². The molecule has 124 valence electrons. The summed E-state index contributed by atoms with van der Waals surface area (Å²) in [6.07, 6.45) is -0.127. The zero-order valence-electron chi connectivity index (χ0n) is 15.0. The van der Waals surface area contributed by atoms with Gasteiger partial charge in [-0.1, -0.05) is 26.0 Å². The number of likely N-dealkylation sites (N-methyl/N-ethyl adjacent to an activating group) is 1. The van der Waals surface area contributed by atoms with E-state index in [1.165, 1.54) is 0 Å². The van der Waals surface area contributed by atoms with Gasteiger partial charge in [0, 0.05) is 0 Å². The van der Waals surface area contributed by atoms with Crippen molar-refractivity contribution in [2.75, 3.05) is 34.3 Å². The summed E-state index contributed by atoms with van der Waals surface area (Å²) in [5, 5.41) is 0. The van der Waals surface area contributed by atoms with Crippen molar-refractivity contribution in [1.82, 2.24) is 0 Å². The Kier molecular flexibility index (Phi) is 6.42. The molecular formula is C18H30NO3+. The fourth-order valence-corrected chi connectivity index (χ4v) is 2.45. The monoisotopic (exact) mass is 308 g/mol. The third-order valence-corrected chi connectivity index (χ3v) is 3.27. The summed E-state index contributed by atoms with van der Waals surface area (Å²) in [5.41, 5.74) is 2.23. The van der Waals surface area contributed by atoms with Gasteiger partial charge in [-0.2, -0.15) is 0 Å². The summed E-state index contributed by atoms with van der Waals surface area (Å²) >= 11 is 0. The van der Waals surface area contributed by atoms with Crippen molar-refractivity contribution in [3.63, 3.8) is 0 Å². The standard InChI is InChI=1S/C18H30NO3/c1-13(2)16-9-8-14(3)10-17(16)21-12-18(20)22-15(4)11-19(5,6)7/h8-10,13,15H,11-12H2,1-7H3/q+1. The maximum Gasteiger partial charge on any atom is 0.344 e.